The molecule has 0 atom stereocenters. The van der Waals surface area contributed by atoms with Crippen molar-refractivity contribution in [3.63, 3.8) is 0 Å². The van der Waals surface area contributed by atoms with Gasteiger partial charge in [-0.05, 0) is 74.5 Å². The van der Waals surface area contributed by atoms with E-state index in [4.69, 9.17) is 18.3 Å². The maximum Gasteiger partial charge on any atom is 0.266 e. The van der Waals surface area contributed by atoms with Crippen molar-refractivity contribution >= 4 is 0 Å². The second-order valence-electron chi connectivity index (χ2n) is 7.15. The Kier molecular flexibility index (Phi) is 5.98. The topological polar surface area (TPSA) is 109 Å². The van der Waals surface area contributed by atoms with Crippen molar-refractivity contribution in [1.82, 2.24) is 25.4 Å². The van der Waals surface area contributed by atoms with E-state index in [0.717, 1.165) is 22.6 Å². The van der Waals surface area contributed by atoms with E-state index in [2.05, 4.69) is 25.4 Å². The molecule has 0 bridgehead atoms. The highest BCUT2D eigenvalue weighted by molar-refractivity contribution is 5.60. The van der Waals surface area contributed by atoms with Crippen molar-refractivity contribution in [2.75, 3.05) is 13.2 Å². The average molecular weight is 455 g/mol. The van der Waals surface area contributed by atoms with E-state index in [1.165, 1.54) is 0 Å². The minimum absolute atomic E-state index is 0.289. The highest BCUT2D eigenvalue weighted by Gasteiger charge is 2.16. The first-order valence-electron chi connectivity index (χ1n) is 10.8. The molecule has 0 spiro atoms. The van der Waals surface area contributed by atoms with Crippen molar-refractivity contribution in [2.45, 2.75) is 13.8 Å². The van der Waals surface area contributed by atoms with Crippen molar-refractivity contribution in [1.29, 1.82) is 0 Å². The lowest BCUT2D eigenvalue weighted by molar-refractivity contribution is 0.340. The normalized spacial score (nSPS) is 10.9. The molecule has 2 aromatic carbocycles. The summed E-state index contributed by atoms with van der Waals surface area (Å²) in [6.07, 6.45) is 0. The first kappa shape index (κ1) is 21.3. The molecular formula is C25H21N5O4. The van der Waals surface area contributed by atoms with E-state index in [1.807, 2.05) is 68.4 Å². The molecule has 34 heavy (non-hydrogen) atoms. The lowest BCUT2D eigenvalue weighted by Gasteiger charge is -2.02. The summed E-state index contributed by atoms with van der Waals surface area (Å²) >= 11 is 0. The zero-order chi connectivity index (χ0) is 23.3. The summed E-state index contributed by atoms with van der Waals surface area (Å²) in [6.45, 7) is 5.09. The van der Waals surface area contributed by atoms with Gasteiger partial charge in [0.15, 0.2) is 0 Å². The van der Waals surface area contributed by atoms with Crippen LogP contribution in [0.15, 0.2) is 75.6 Å². The van der Waals surface area contributed by atoms with E-state index in [0.29, 0.717) is 36.4 Å². The molecule has 0 radical (unpaired) electrons. The van der Waals surface area contributed by atoms with Gasteiger partial charge in [0.25, 0.3) is 11.8 Å². The fraction of sp³-hybridized carbons (Fsp3) is 0.160. The molecule has 9 heteroatoms. The monoisotopic (exact) mass is 455 g/mol. The number of ether oxygens (including phenoxy) is 2. The lowest BCUT2D eigenvalue weighted by Crippen LogP contribution is -1.90. The molecule has 170 valence electrons. The zero-order valence-corrected chi connectivity index (χ0v) is 18.6. The number of hydrogen-bond acceptors (Lipinski definition) is 9. The van der Waals surface area contributed by atoms with Gasteiger partial charge in [0.1, 0.15) is 22.9 Å². The predicted octanol–water partition coefficient (Wildman–Crippen LogP) is 5.31. The minimum Gasteiger partial charge on any atom is -0.494 e. The Morgan fingerprint density at radius 2 is 0.971 bits per heavy atom. The third-order valence-electron chi connectivity index (χ3n) is 4.86. The Hall–Kier alpha value is -4.53. The first-order chi connectivity index (χ1) is 16.7. The maximum absolute atomic E-state index is 5.85. The van der Waals surface area contributed by atoms with Crippen LogP contribution in [0.1, 0.15) is 13.8 Å². The summed E-state index contributed by atoms with van der Waals surface area (Å²) in [6, 6.07) is 20.3. The second-order valence-corrected chi connectivity index (χ2v) is 7.15. The lowest BCUT2D eigenvalue weighted by atomic mass is 10.2. The summed E-state index contributed by atoms with van der Waals surface area (Å²) in [5.41, 5.74) is 2.58. The van der Waals surface area contributed by atoms with Crippen LogP contribution in [0.5, 0.6) is 11.5 Å². The van der Waals surface area contributed by atoms with E-state index in [-0.39, 0.29) is 11.8 Å². The maximum atomic E-state index is 5.85. The van der Waals surface area contributed by atoms with Crippen LogP contribution in [0.2, 0.25) is 0 Å². The van der Waals surface area contributed by atoms with Crippen LogP contribution in [-0.2, 0) is 0 Å². The van der Waals surface area contributed by atoms with Crippen molar-refractivity contribution in [3.05, 3.63) is 66.7 Å². The van der Waals surface area contributed by atoms with Crippen molar-refractivity contribution in [2.24, 2.45) is 0 Å². The van der Waals surface area contributed by atoms with Gasteiger partial charge >= 0.3 is 0 Å². The van der Waals surface area contributed by atoms with Crippen molar-refractivity contribution < 1.29 is 18.3 Å². The van der Waals surface area contributed by atoms with Crippen LogP contribution in [0, 0.1) is 0 Å². The standard InChI is InChI=1S/C25H21N5O4/c1-3-31-18-12-8-16(9-13-18)22-27-29-24(33-22)20-6-5-7-21(26-20)25-30-28-23(34-25)17-10-14-19(15-11-17)32-4-2/h5-15H,3-4H2,1-2H3. The Morgan fingerprint density at radius 1 is 0.559 bits per heavy atom. The molecule has 5 rings (SSSR count). The SMILES string of the molecule is CCOc1ccc(-c2nnc(-c3cccc(-c4nnc(-c5ccc(OCC)cc5)o4)n3)o2)cc1. The summed E-state index contributed by atoms with van der Waals surface area (Å²) in [7, 11) is 0. The predicted molar refractivity (Wildman–Crippen MR) is 124 cm³/mol. The third kappa shape index (κ3) is 4.49. The molecule has 0 aliphatic rings. The van der Waals surface area contributed by atoms with E-state index >= 15 is 0 Å². The molecule has 0 aliphatic heterocycles. The summed E-state index contributed by atoms with van der Waals surface area (Å²) in [5, 5.41) is 16.6. The van der Waals surface area contributed by atoms with Gasteiger partial charge in [-0.25, -0.2) is 4.98 Å². The molecule has 0 saturated heterocycles. The van der Waals surface area contributed by atoms with Gasteiger partial charge in [-0.15, -0.1) is 20.4 Å². The molecule has 3 aromatic heterocycles. The molecule has 0 saturated carbocycles. The fourth-order valence-corrected chi connectivity index (χ4v) is 3.28. The van der Waals surface area contributed by atoms with Gasteiger partial charge in [0.05, 0.1) is 13.2 Å². The number of hydrogen-bond donors (Lipinski definition) is 0. The number of rotatable bonds is 8. The molecule has 3 heterocycles. The van der Waals surface area contributed by atoms with Gasteiger partial charge in [-0.1, -0.05) is 6.07 Å². The smallest absolute Gasteiger partial charge is 0.266 e. The highest BCUT2D eigenvalue weighted by atomic mass is 16.5. The molecular weight excluding hydrogens is 434 g/mol. The Labute approximate surface area is 195 Å². The van der Waals surface area contributed by atoms with Crippen LogP contribution in [0.25, 0.3) is 46.1 Å². The molecule has 0 aliphatic carbocycles. The fourth-order valence-electron chi connectivity index (χ4n) is 3.28. The van der Waals surface area contributed by atoms with Gasteiger partial charge in [-0.2, -0.15) is 0 Å². The second kappa shape index (κ2) is 9.53. The van der Waals surface area contributed by atoms with Crippen LogP contribution < -0.4 is 9.47 Å². The van der Waals surface area contributed by atoms with Gasteiger partial charge in [0.2, 0.25) is 11.8 Å². The van der Waals surface area contributed by atoms with Crippen LogP contribution in [0.4, 0.5) is 0 Å². The van der Waals surface area contributed by atoms with E-state index in [9.17, 15) is 0 Å². The van der Waals surface area contributed by atoms with Gasteiger partial charge < -0.3 is 18.3 Å². The minimum atomic E-state index is 0.289. The average Bonchev–Trinajstić information content (AvgIpc) is 3.57. The first-order valence-corrected chi connectivity index (χ1v) is 10.8. The summed E-state index contributed by atoms with van der Waals surface area (Å²) < 4.78 is 22.6. The number of pyridine rings is 1. The molecule has 5 aromatic rings. The molecule has 9 nitrogen and oxygen atoms in total. The van der Waals surface area contributed by atoms with Crippen molar-refractivity contribution in [3.8, 4) is 57.6 Å². The highest BCUT2D eigenvalue weighted by Crippen LogP contribution is 2.28. The molecule has 0 fully saturated rings. The zero-order valence-electron chi connectivity index (χ0n) is 18.6. The van der Waals surface area contributed by atoms with Crippen LogP contribution in [-0.4, -0.2) is 38.6 Å². The largest absolute Gasteiger partial charge is 0.494 e. The Bertz CT molecular complexity index is 1270. The number of nitrogens with zero attached hydrogens (tertiary/aromatic N) is 5. The summed E-state index contributed by atoms with van der Waals surface area (Å²) in [5.74, 6) is 2.92. The Balaban J connectivity index is 1.36. The van der Waals surface area contributed by atoms with E-state index in [1.54, 1.807) is 12.1 Å². The van der Waals surface area contributed by atoms with Crippen LogP contribution in [0.3, 0.4) is 0 Å². The van der Waals surface area contributed by atoms with E-state index < -0.39 is 0 Å². The number of aromatic nitrogens is 5. The van der Waals surface area contributed by atoms with Crippen LogP contribution >= 0.6 is 0 Å². The molecule has 0 N–H and O–H groups in total. The summed E-state index contributed by atoms with van der Waals surface area (Å²) in [4.78, 5) is 4.57. The number of benzene rings is 2. The third-order valence-corrected chi connectivity index (χ3v) is 4.86. The quantitative estimate of drug-likeness (QED) is 0.307. The van der Waals surface area contributed by atoms with Gasteiger partial charge in [-0.3, -0.25) is 0 Å². The Morgan fingerprint density at radius 3 is 1.38 bits per heavy atom. The molecule has 0 amide bonds. The van der Waals surface area contributed by atoms with Gasteiger partial charge in [0, 0.05) is 11.1 Å². The molecule has 0 unspecified atom stereocenters.